The lowest BCUT2D eigenvalue weighted by Crippen LogP contribution is -2.29. The molecule has 0 saturated carbocycles. The number of anilines is 1. The summed E-state index contributed by atoms with van der Waals surface area (Å²) in [5.74, 6) is -0.771. The molecule has 0 unspecified atom stereocenters. The first-order valence-corrected chi connectivity index (χ1v) is 13.9. The average Bonchev–Trinajstić information content (AvgIpc) is 3.32. The SMILES string of the molecule is CCOC(=O)c1c(NC(=O)CCCN2C(=O)C(=Cc3ccccc3Cl)SC2=S)sc2c1CCCC2. The van der Waals surface area contributed by atoms with E-state index in [-0.39, 0.29) is 30.8 Å². The van der Waals surface area contributed by atoms with Gasteiger partial charge in [0.05, 0.1) is 17.1 Å². The third-order valence-electron chi connectivity index (χ3n) is 5.75. The van der Waals surface area contributed by atoms with Crippen LogP contribution >= 0.6 is 46.9 Å². The lowest BCUT2D eigenvalue weighted by molar-refractivity contribution is -0.122. The number of carbonyl (C=O) groups excluding carboxylic acids is 3. The second kappa shape index (κ2) is 11.7. The number of thiophene rings is 1. The Morgan fingerprint density at radius 2 is 2.03 bits per heavy atom. The Hall–Kier alpha value is -2.20. The molecule has 0 radical (unpaired) electrons. The molecule has 2 amide bonds. The molecule has 0 atom stereocenters. The summed E-state index contributed by atoms with van der Waals surface area (Å²) in [4.78, 5) is 41.3. The van der Waals surface area contributed by atoms with Crippen molar-refractivity contribution in [3.63, 3.8) is 0 Å². The Balaban J connectivity index is 1.36. The van der Waals surface area contributed by atoms with Crippen molar-refractivity contribution in [1.82, 2.24) is 4.90 Å². The number of hydrogen-bond acceptors (Lipinski definition) is 7. The van der Waals surface area contributed by atoms with Crippen molar-refractivity contribution in [1.29, 1.82) is 0 Å². The maximum Gasteiger partial charge on any atom is 0.341 e. The zero-order valence-electron chi connectivity index (χ0n) is 19.2. The molecule has 0 bridgehead atoms. The summed E-state index contributed by atoms with van der Waals surface area (Å²) in [5.41, 5.74) is 2.27. The van der Waals surface area contributed by atoms with E-state index in [0.717, 1.165) is 41.7 Å². The summed E-state index contributed by atoms with van der Waals surface area (Å²) in [6, 6.07) is 7.29. The van der Waals surface area contributed by atoms with Crippen LogP contribution in [0.4, 0.5) is 5.00 Å². The third-order valence-corrected chi connectivity index (χ3v) is 8.68. The van der Waals surface area contributed by atoms with Crippen molar-refractivity contribution in [3.05, 3.63) is 55.8 Å². The number of aryl methyl sites for hydroxylation is 1. The highest BCUT2D eigenvalue weighted by Gasteiger charge is 2.32. The van der Waals surface area contributed by atoms with Crippen LogP contribution in [0.15, 0.2) is 29.2 Å². The molecule has 2 aliphatic rings. The van der Waals surface area contributed by atoms with E-state index >= 15 is 0 Å². The number of amides is 2. The molecular weight excluding hydrogens is 524 g/mol. The van der Waals surface area contributed by atoms with Crippen LogP contribution in [0.3, 0.4) is 0 Å². The third kappa shape index (κ3) is 5.97. The zero-order valence-corrected chi connectivity index (χ0v) is 22.4. The fraction of sp³-hybridized carbons (Fsp3) is 0.360. The summed E-state index contributed by atoms with van der Waals surface area (Å²) in [6.45, 7) is 2.39. The van der Waals surface area contributed by atoms with Crippen LogP contribution in [-0.2, 0) is 27.2 Å². The predicted octanol–water partition coefficient (Wildman–Crippen LogP) is 6.08. The van der Waals surface area contributed by atoms with E-state index in [4.69, 9.17) is 28.6 Å². The van der Waals surface area contributed by atoms with Gasteiger partial charge in [-0.05, 0) is 62.3 Å². The van der Waals surface area contributed by atoms with Crippen molar-refractivity contribution in [2.24, 2.45) is 0 Å². The van der Waals surface area contributed by atoms with Gasteiger partial charge in [0.1, 0.15) is 9.32 Å². The van der Waals surface area contributed by atoms with Gasteiger partial charge in [0.15, 0.2) is 0 Å². The highest BCUT2D eigenvalue weighted by atomic mass is 35.5. The predicted molar refractivity (Wildman–Crippen MR) is 146 cm³/mol. The molecular formula is C25H25ClN2O4S3. The molecule has 10 heteroatoms. The number of esters is 1. The number of thioether (sulfide) groups is 1. The lowest BCUT2D eigenvalue weighted by Gasteiger charge is -2.14. The van der Waals surface area contributed by atoms with E-state index in [2.05, 4.69) is 5.32 Å². The molecule has 1 aliphatic carbocycles. The van der Waals surface area contributed by atoms with Gasteiger partial charge in [-0.15, -0.1) is 11.3 Å². The summed E-state index contributed by atoms with van der Waals surface area (Å²) < 4.78 is 5.71. The van der Waals surface area contributed by atoms with Crippen LogP contribution in [0.5, 0.6) is 0 Å². The first kappa shape index (κ1) is 25.9. The number of hydrogen-bond donors (Lipinski definition) is 1. The number of thiocarbonyl (C=S) groups is 1. The molecule has 2 heterocycles. The summed E-state index contributed by atoms with van der Waals surface area (Å²) in [7, 11) is 0. The van der Waals surface area contributed by atoms with E-state index in [1.165, 1.54) is 28.0 Å². The normalized spacial score (nSPS) is 16.5. The topological polar surface area (TPSA) is 75.7 Å². The van der Waals surface area contributed by atoms with Gasteiger partial charge in [-0.2, -0.15) is 0 Å². The van der Waals surface area contributed by atoms with Gasteiger partial charge in [-0.3, -0.25) is 14.5 Å². The second-order valence-corrected chi connectivity index (χ2v) is 11.3. The van der Waals surface area contributed by atoms with E-state index in [0.29, 0.717) is 37.8 Å². The van der Waals surface area contributed by atoms with Gasteiger partial charge >= 0.3 is 5.97 Å². The molecule has 35 heavy (non-hydrogen) atoms. The highest BCUT2D eigenvalue weighted by molar-refractivity contribution is 8.26. The van der Waals surface area contributed by atoms with E-state index in [9.17, 15) is 14.4 Å². The largest absolute Gasteiger partial charge is 0.462 e. The summed E-state index contributed by atoms with van der Waals surface area (Å²) in [6.07, 6.45) is 6.23. The van der Waals surface area contributed by atoms with Crippen LogP contribution in [-0.4, -0.2) is 40.2 Å². The fourth-order valence-corrected chi connectivity index (χ4v) is 6.87. The Labute approximate surface area is 223 Å². The minimum absolute atomic E-state index is 0.184. The molecule has 1 saturated heterocycles. The molecule has 1 N–H and O–H groups in total. The molecule has 6 nitrogen and oxygen atoms in total. The Kier molecular flexibility index (Phi) is 8.64. The second-order valence-electron chi connectivity index (χ2n) is 8.14. The zero-order chi connectivity index (χ0) is 24.9. The Morgan fingerprint density at radius 3 is 2.80 bits per heavy atom. The van der Waals surface area contributed by atoms with Gasteiger partial charge < -0.3 is 10.1 Å². The number of ether oxygens (including phenoxy) is 1. The van der Waals surface area contributed by atoms with Gasteiger partial charge in [-0.25, -0.2) is 4.79 Å². The number of rotatable bonds is 8. The van der Waals surface area contributed by atoms with Gasteiger partial charge in [-0.1, -0.05) is 53.8 Å². The summed E-state index contributed by atoms with van der Waals surface area (Å²) >= 11 is 14.3. The van der Waals surface area contributed by atoms with Crippen LogP contribution in [0.25, 0.3) is 6.08 Å². The van der Waals surface area contributed by atoms with Crippen LogP contribution in [0.1, 0.15) is 59.0 Å². The minimum Gasteiger partial charge on any atom is -0.462 e. The monoisotopic (exact) mass is 548 g/mol. The number of halogens is 1. The Morgan fingerprint density at radius 1 is 1.26 bits per heavy atom. The van der Waals surface area contributed by atoms with Gasteiger partial charge in [0.25, 0.3) is 5.91 Å². The molecule has 0 spiro atoms. The first-order valence-electron chi connectivity index (χ1n) is 11.5. The standard InChI is InChI=1S/C25H25ClN2O4S3/c1-2-32-24(31)21-16-9-4-6-11-18(16)34-22(21)27-20(29)12-7-13-28-23(30)19(35-25(28)33)14-15-8-3-5-10-17(15)26/h3,5,8,10,14H,2,4,6-7,9,11-13H2,1H3,(H,27,29). The molecule has 184 valence electrons. The number of nitrogens with one attached hydrogen (secondary N) is 1. The molecule has 1 aromatic heterocycles. The van der Waals surface area contributed by atoms with Crippen molar-refractivity contribution in [2.75, 3.05) is 18.5 Å². The number of nitrogens with zero attached hydrogens (tertiary/aromatic N) is 1. The highest BCUT2D eigenvalue weighted by Crippen LogP contribution is 2.39. The smallest absolute Gasteiger partial charge is 0.341 e. The molecule has 4 rings (SSSR count). The van der Waals surface area contributed by atoms with Gasteiger partial charge in [0.2, 0.25) is 5.91 Å². The van der Waals surface area contributed by atoms with Crippen molar-refractivity contribution < 1.29 is 19.1 Å². The van der Waals surface area contributed by atoms with E-state index in [1.54, 1.807) is 19.1 Å². The maximum absolute atomic E-state index is 12.8. The maximum atomic E-state index is 12.8. The number of carbonyl (C=O) groups is 3. The van der Waals surface area contributed by atoms with Crippen LogP contribution in [0, 0.1) is 0 Å². The average molecular weight is 549 g/mol. The number of fused-ring (bicyclic) bond motifs is 1. The lowest BCUT2D eigenvalue weighted by atomic mass is 9.95. The van der Waals surface area contributed by atoms with Crippen molar-refractivity contribution in [3.8, 4) is 0 Å². The Bertz CT molecular complexity index is 1210. The van der Waals surface area contributed by atoms with E-state index < -0.39 is 0 Å². The number of benzene rings is 1. The van der Waals surface area contributed by atoms with Crippen molar-refractivity contribution in [2.45, 2.75) is 45.4 Å². The molecule has 2 aromatic rings. The quantitative estimate of drug-likeness (QED) is 0.245. The minimum atomic E-state index is -0.384. The molecule has 1 fully saturated rings. The van der Waals surface area contributed by atoms with Crippen LogP contribution < -0.4 is 5.32 Å². The first-order chi connectivity index (χ1) is 16.9. The fourth-order valence-electron chi connectivity index (χ4n) is 4.09. The molecule has 1 aliphatic heterocycles. The van der Waals surface area contributed by atoms with Gasteiger partial charge in [0, 0.05) is 22.9 Å². The van der Waals surface area contributed by atoms with E-state index in [1.807, 2.05) is 18.2 Å². The van der Waals surface area contributed by atoms with Crippen molar-refractivity contribution >= 4 is 80.1 Å². The summed E-state index contributed by atoms with van der Waals surface area (Å²) in [5, 5.41) is 4.04. The van der Waals surface area contributed by atoms with Crippen LogP contribution in [0.2, 0.25) is 5.02 Å². The molecule has 1 aromatic carbocycles.